The Morgan fingerprint density at radius 2 is 1.67 bits per heavy atom. The largest absolute Gasteiger partial charge is 0.478 e. The first-order chi connectivity index (χ1) is 18.6. The van der Waals surface area contributed by atoms with Gasteiger partial charge in [-0.3, -0.25) is 9.59 Å². The van der Waals surface area contributed by atoms with Crippen molar-refractivity contribution in [1.82, 2.24) is 4.98 Å². The zero-order valence-corrected chi connectivity index (χ0v) is 22.7. The summed E-state index contributed by atoms with van der Waals surface area (Å²) < 4.78 is 0. The summed E-state index contributed by atoms with van der Waals surface area (Å²) in [6.07, 6.45) is 0. The van der Waals surface area contributed by atoms with E-state index in [-0.39, 0.29) is 22.8 Å². The number of carbonyl (C=O) groups excluding carboxylic acids is 2. The maximum Gasteiger partial charge on any atom is 0.336 e. The van der Waals surface area contributed by atoms with E-state index >= 15 is 0 Å². The Hall–Kier alpha value is -3.90. The summed E-state index contributed by atoms with van der Waals surface area (Å²) in [6.45, 7) is 0. The first-order valence-corrected chi connectivity index (χ1v) is 13.6. The Morgan fingerprint density at radius 1 is 0.872 bits per heavy atom. The minimum atomic E-state index is -1.43. The lowest BCUT2D eigenvalue weighted by molar-refractivity contribution is -0.113. The van der Waals surface area contributed by atoms with E-state index in [4.69, 9.17) is 28.3 Å². The second kappa shape index (κ2) is 12.3. The summed E-state index contributed by atoms with van der Waals surface area (Å²) in [7, 11) is 0. The van der Waals surface area contributed by atoms with Crippen LogP contribution >= 0.6 is 46.3 Å². The predicted molar refractivity (Wildman–Crippen MR) is 152 cm³/mol. The lowest BCUT2D eigenvalue weighted by Gasteiger charge is -2.10. The van der Waals surface area contributed by atoms with Crippen LogP contribution in [0.1, 0.15) is 31.1 Å². The Morgan fingerprint density at radius 3 is 2.38 bits per heavy atom. The van der Waals surface area contributed by atoms with Gasteiger partial charge in [-0.1, -0.05) is 35.3 Å². The number of hydrogen-bond donors (Lipinski definition) is 4. The topological polar surface area (TPSA) is 146 Å². The normalized spacial score (nSPS) is 10.6. The summed E-state index contributed by atoms with van der Waals surface area (Å²) in [5, 5.41) is 26.9. The SMILES string of the molecule is O=C(CSc1cccc(NC(=O)c2ccc(C(=O)O)cc2C(=O)O)c1)Nc1nc(-c2ccc(Cl)c(Cl)c2)cs1. The number of carbonyl (C=O) groups is 4. The fourth-order valence-electron chi connectivity index (χ4n) is 3.34. The van der Waals surface area contributed by atoms with Gasteiger partial charge in [0, 0.05) is 21.5 Å². The lowest BCUT2D eigenvalue weighted by atomic mass is 10.0. The van der Waals surface area contributed by atoms with Crippen LogP contribution in [0, 0.1) is 0 Å². The number of amides is 2. The van der Waals surface area contributed by atoms with Crippen molar-refractivity contribution in [2.24, 2.45) is 0 Å². The Bertz CT molecular complexity index is 1610. The van der Waals surface area contributed by atoms with Gasteiger partial charge in [-0.05, 0) is 48.5 Å². The van der Waals surface area contributed by atoms with Crippen LogP contribution in [-0.4, -0.2) is 44.7 Å². The molecule has 0 bridgehead atoms. The van der Waals surface area contributed by atoms with Gasteiger partial charge in [0.2, 0.25) is 5.91 Å². The summed E-state index contributed by atoms with van der Waals surface area (Å²) in [6, 6.07) is 15.0. The van der Waals surface area contributed by atoms with Crippen molar-refractivity contribution in [3.05, 3.63) is 92.8 Å². The third-order valence-electron chi connectivity index (χ3n) is 5.17. The molecule has 4 aromatic rings. The molecule has 0 aliphatic heterocycles. The average molecular weight is 602 g/mol. The van der Waals surface area contributed by atoms with Gasteiger partial charge in [0.15, 0.2) is 5.13 Å². The number of nitrogens with zero attached hydrogens (tertiary/aromatic N) is 1. The first-order valence-electron chi connectivity index (χ1n) is 11.0. The van der Waals surface area contributed by atoms with Gasteiger partial charge in [0.05, 0.1) is 38.2 Å². The van der Waals surface area contributed by atoms with Crippen LogP contribution in [-0.2, 0) is 4.79 Å². The van der Waals surface area contributed by atoms with E-state index in [9.17, 15) is 24.3 Å². The van der Waals surface area contributed by atoms with E-state index in [0.29, 0.717) is 31.5 Å². The number of benzene rings is 3. The van der Waals surface area contributed by atoms with Crippen molar-refractivity contribution in [3.8, 4) is 11.3 Å². The quantitative estimate of drug-likeness (QED) is 0.159. The smallest absolute Gasteiger partial charge is 0.336 e. The molecule has 3 aromatic carbocycles. The number of anilines is 2. The fourth-order valence-corrected chi connectivity index (χ4v) is 5.13. The van der Waals surface area contributed by atoms with Crippen LogP contribution in [0.25, 0.3) is 11.3 Å². The number of carboxylic acids is 2. The molecular weight excluding hydrogens is 585 g/mol. The molecule has 9 nitrogen and oxygen atoms in total. The molecule has 13 heteroatoms. The highest BCUT2D eigenvalue weighted by atomic mass is 35.5. The Kier molecular flexibility index (Phi) is 8.87. The number of nitrogens with one attached hydrogen (secondary N) is 2. The zero-order valence-electron chi connectivity index (χ0n) is 19.6. The molecule has 0 aliphatic carbocycles. The number of aromatic carboxylic acids is 2. The third-order valence-corrected chi connectivity index (χ3v) is 7.66. The molecule has 39 heavy (non-hydrogen) atoms. The monoisotopic (exact) mass is 601 g/mol. The van der Waals surface area contributed by atoms with E-state index in [2.05, 4.69) is 15.6 Å². The Balaban J connectivity index is 1.37. The zero-order chi connectivity index (χ0) is 28.1. The van der Waals surface area contributed by atoms with Gasteiger partial charge in [0.1, 0.15) is 0 Å². The highest BCUT2D eigenvalue weighted by molar-refractivity contribution is 8.00. The van der Waals surface area contributed by atoms with Crippen LogP contribution < -0.4 is 10.6 Å². The van der Waals surface area contributed by atoms with Crippen LogP contribution in [0.2, 0.25) is 10.0 Å². The average Bonchev–Trinajstić information content (AvgIpc) is 3.37. The molecule has 0 unspecified atom stereocenters. The molecule has 2 amide bonds. The molecule has 4 rings (SSSR count). The first kappa shape index (κ1) is 28.1. The number of rotatable bonds is 9. The highest BCUT2D eigenvalue weighted by Crippen LogP contribution is 2.31. The van der Waals surface area contributed by atoms with Gasteiger partial charge < -0.3 is 20.8 Å². The number of thiazole rings is 1. The number of thioether (sulfide) groups is 1. The maximum absolute atomic E-state index is 12.7. The Labute approximate surface area is 239 Å². The summed E-state index contributed by atoms with van der Waals surface area (Å²) in [4.78, 5) is 53.0. The van der Waals surface area contributed by atoms with Gasteiger partial charge in [-0.2, -0.15) is 0 Å². The standard InChI is InChI=1S/C26H17Cl2N3O6S2/c27-19-7-5-13(9-20(19)28)21-11-39-26(30-21)31-22(32)12-38-16-3-1-2-15(10-16)29-23(33)17-6-4-14(24(34)35)8-18(17)25(36)37/h1-11H,12H2,(H,29,33)(H,34,35)(H,36,37)(H,30,31,32). The molecule has 0 atom stereocenters. The molecule has 0 saturated heterocycles. The second-order valence-electron chi connectivity index (χ2n) is 7.86. The van der Waals surface area contributed by atoms with Crippen LogP contribution in [0.15, 0.2) is 70.9 Å². The molecule has 0 fully saturated rings. The van der Waals surface area contributed by atoms with E-state index < -0.39 is 23.4 Å². The minimum absolute atomic E-state index is 0.0684. The summed E-state index contributed by atoms with van der Waals surface area (Å²) in [5.41, 5.74) is 0.920. The lowest BCUT2D eigenvalue weighted by Crippen LogP contribution is -2.17. The van der Waals surface area contributed by atoms with E-state index in [1.165, 1.54) is 23.1 Å². The van der Waals surface area contributed by atoms with E-state index in [1.54, 1.807) is 47.8 Å². The van der Waals surface area contributed by atoms with Crippen molar-refractivity contribution in [2.75, 3.05) is 16.4 Å². The second-order valence-corrected chi connectivity index (χ2v) is 10.6. The van der Waals surface area contributed by atoms with Crippen molar-refractivity contribution in [2.45, 2.75) is 4.90 Å². The predicted octanol–water partition coefficient (Wildman–Crippen LogP) is 6.50. The van der Waals surface area contributed by atoms with Gasteiger partial charge in [-0.15, -0.1) is 23.1 Å². The number of hydrogen-bond acceptors (Lipinski definition) is 7. The maximum atomic E-state index is 12.7. The van der Waals surface area contributed by atoms with Gasteiger partial charge in [-0.25, -0.2) is 14.6 Å². The molecule has 1 heterocycles. The molecule has 0 saturated carbocycles. The number of carboxylic acid groups (broad SMARTS) is 2. The molecule has 4 N–H and O–H groups in total. The highest BCUT2D eigenvalue weighted by Gasteiger charge is 2.19. The van der Waals surface area contributed by atoms with E-state index in [1.807, 2.05) is 0 Å². The van der Waals surface area contributed by atoms with Crippen molar-refractivity contribution >= 4 is 80.9 Å². The molecule has 1 aromatic heterocycles. The molecule has 0 radical (unpaired) electrons. The van der Waals surface area contributed by atoms with Crippen molar-refractivity contribution in [3.63, 3.8) is 0 Å². The van der Waals surface area contributed by atoms with Crippen LogP contribution in [0.4, 0.5) is 10.8 Å². The van der Waals surface area contributed by atoms with Gasteiger partial charge >= 0.3 is 11.9 Å². The number of aromatic nitrogens is 1. The van der Waals surface area contributed by atoms with Crippen molar-refractivity contribution in [1.29, 1.82) is 0 Å². The van der Waals surface area contributed by atoms with Crippen LogP contribution in [0.5, 0.6) is 0 Å². The molecule has 0 aliphatic rings. The summed E-state index contributed by atoms with van der Waals surface area (Å²) in [5.74, 6) is -3.67. The minimum Gasteiger partial charge on any atom is -0.478 e. The van der Waals surface area contributed by atoms with Gasteiger partial charge in [0.25, 0.3) is 5.91 Å². The summed E-state index contributed by atoms with van der Waals surface area (Å²) >= 11 is 14.5. The molecular formula is C26H17Cl2N3O6S2. The third kappa shape index (κ3) is 7.15. The molecule has 198 valence electrons. The van der Waals surface area contributed by atoms with Crippen LogP contribution in [0.3, 0.4) is 0 Å². The van der Waals surface area contributed by atoms with E-state index in [0.717, 1.165) is 23.8 Å². The fraction of sp³-hybridized carbons (Fsp3) is 0.0385. The molecule has 0 spiro atoms. The number of halogens is 2. The van der Waals surface area contributed by atoms with Crippen molar-refractivity contribution < 1.29 is 29.4 Å².